The summed E-state index contributed by atoms with van der Waals surface area (Å²) in [7, 11) is 0. The number of aliphatic hydroxyl groups is 1. The molecule has 21 heavy (non-hydrogen) atoms. The van der Waals surface area contributed by atoms with E-state index in [4.69, 9.17) is 0 Å². The van der Waals surface area contributed by atoms with E-state index in [-0.39, 0.29) is 12.0 Å². The molecule has 4 heteroatoms. The number of hydrogen-bond donors (Lipinski definition) is 1. The summed E-state index contributed by atoms with van der Waals surface area (Å²) in [5.74, 6) is -1.20. The first kappa shape index (κ1) is 18.1. The van der Waals surface area contributed by atoms with Crippen molar-refractivity contribution in [3.63, 3.8) is 0 Å². The van der Waals surface area contributed by atoms with E-state index in [2.05, 4.69) is 32.6 Å². The summed E-state index contributed by atoms with van der Waals surface area (Å²) >= 11 is 0. The molecular formula is C17H27F2NO. The van der Waals surface area contributed by atoms with Gasteiger partial charge in [-0.1, -0.05) is 27.7 Å². The molecule has 0 aliphatic heterocycles. The van der Waals surface area contributed by atoms with Crippen LogP contribution in [0, 0.1) is 11.6 Å². The van der Waals surface area contributed by atoms with Gasteiger partial charge in [-0.3, -0.25) is 4.90 Å². The minimum atomic E-state index is -0.659. The highest BCUT2D eigenvalue weighted by Crippen LogP contribution is 2.30. The van der Waals surface area contributed by atoms with Gasteiger partial charge in [0.2, 0.25) is 0 Å². The molecule has 2 nitrogen and oxygen atoms in total. The van der Waals surface area contributed by atoms with Gasteiger partial charge in [0, 0.05) is 18.0 Å². The third-order valence-electron chi connectivity index (χ3n) is 4.59. The van der Waals surface area contributed by atoms with Crippen molar-refractivity contribution in [1.29, 1.82) is 0 Å². The molecule has 120 valence electrons. The number of rotatable bonds is 8. The lowest BCUT2D eigenvalue weighted by Crippen LogP contribution is -2.56. The van der Waals surface area contributed by atoms with E-state index in [0.29, 0.717) is 5.56 Å². The fourth-order valence-electron chi connectivity index (χ4n) is 3.37. The van der Waals surface area contributed by atoms with Gasteiger partial charge in [0.05, 0.1) is 6.10 Å². The standard InChI is InChI=1S/C17H27F2NO/c1-5-17(6-2,20(7-3)8-4)16(21)11-13-9-14(18)12-15(19)10-13/h9-10,12,16,21H,5-8,11H2,1-4H3. The molecule has 0 saturated heterocycles. The van der Waals surface area contributed by atoms with Gasteiger partial charge >= 0.3 is 0 Å². The highest BCUT2D eigenvalue weighted by molar-refractivity contribution is 5.19. The van der Waals surface area contributed by atoms with Crippen LogP contribution in [-0.4, -0.2) is 34.7 Å². The van der Waals surface area contributed by atoms with Crippen molar-refractivity contribution >= 4 is 0 Å². The van der Waals surface area contributed by atoms with Crippen molar-refractivity contribution < 1.29 is 13.9 Å². The largest absolute Gasteiger partial charge is 0.391 e. The molecule has 0 saturated carbocycles. The minimum absolute atomic E-state index is 0.257. The van der Waals surface area contributed by atoms with Crippen molar-refractivity contribution in [3.05, 3.63) is 35.4 Å². The molecule has 0 heterocycles. The van der Waals surface area contributed by atoms with E-state index in [1.165, 1.54) is 12.1 Å². The van der Waals surface area contributed by atoms with Crippen molar-refractivity contribution in [2.45, 2.75) is 58.6 Å². The zero-order valence-corrected chi connectivity index (χ0v) is 13.5. The Morgan fingerprint density at radius 3 is 1.86 bits per heavy atom. The topological polar surface area (TPSA) is 23.5 Å². The Hall–Kier alpha value is -1.00. The predicted molar refractivity (Wildman–Crippen MR) is 82.3 cm³/mol. The Morgan fingerprint density at radius 1 is 1.00 bits per heavy atom. The second-order valence-electron chi connectivity index (χ2n) is 5.48. The van der Waals surface area contributed by atoms with Gasteiger partial charge in [0.1, 0.15) is 11.6 Å². The van der Waals surface area contributed by atoms with Gasteiger partial charge < -0.3 is 5.11 Å². The van der Waals surface area contributed by atoms with Crippen LogP contribution in [0.2, 0.25) is 0 Å². The van der Waals surface area contributed by atoms with Crippen LogP contribution in [0.15, 0.2) is 18.2 Å². The Kier molecular flexibility index (Phi) is 6.75. The van der Waals surface area contributed by atoms with Crippen LogP contribution in [0.25, 0.3) is 0 Å². The summed E-state index contributed by atoms with van der Waals surface area (Å²) < 4.78 is 26.6. The number of benzene rings is 1. The molecular weight excluding hydrogens is 272 g/mol. The molecule has 0 bridgehead atoms. The second kappa shape index (κ2) is 7.85. The average Bonchev–Trinajstić information content (AvgIpc) is 2.43. The lowest BCUT2D eigenvalue weighted by Gasteiger charge is -2.46. The van der Waals surface area contributed by atoms with Gasteiger partial charge in [-0.25, -0.2) is 8.78 Å². The summed E-state index contributed by atoms with van der Waals surface area (Å²) in [6.07, 6.45) is 1.19. The molecule has 0 aliphatic carbocycles. The van der Waals surface area contributed by atoms with Crippen LogP contribution in [0.1, 0.15) is 46.1 Å². The maximum absolute atomic E-state index is 13.3. The van der Waals surface area contributed by atoms with Crippen LogP contribution in [0.4, 0.5) is 8.78 Å². The zero-order valence-electron chi connectivity index (χ0n) is 13.5. The Balaban J connectivity index is 3.03. The first-order valence-corrected chi connectivity index (χ1v) is 7.81. The van der Waals surface area contributed by atoms with Crippen molar-refractivity contribution in [2.24, 2.45) is 0 Å². The normalized spacial score (nSPS) is 13.7. The maximum atomic E-state index is 13.3. The van der Waals surface area contributed by atoms with E-state index >= 15 is 0 Å². The third-order valence-corrected chi connectivity index (χ3v) is 4.59. The molecule has 0 fully saturated rings. The van der Waals surface area contributed by atoms with Crippen LogP contribution in [0.3, 0.4) is 0 Å². The number of hydrogen-bond acceptors (Lipinski definition) is 2. The highest BCUT2D eigenvalue weighted by Gasteiger charge is 2.38. The van der Waals surface area contributed by atoms with E-state index in [0.717, 1.165) is 32.0 Å². The summed E-state index contributed by atoms with van der Waals surface area (Å²) in [6.45, 7) is 9.92. The third kappa shape index (κ3) is 4.01. The number of nitrogens with zero attached hydrogens (tertiary/aromatic N) is 1. The molecule has 1 unspecified atom stereocenters. The minimum Gasteiger partial charge on any atom is -0.391 e. The Labute approximate surface area is 126 Å². The van der Waals surface area contributed by atoms with E-state index < -0.39 is 17.7 Å². The molecule has 1 rings (SSSR count). The quantitative estimate of drug-likeness (QED) is 0.790. The number of likely N-dealkylation sites (N-methyl/N-ethyl adjacent to an activating group) is 1. The lowest BCUT2D eigenvalue weighted by molar-refractivity contribution is -0.0341. The summed E-state index contributed by atoms with van der Waals surface area (Å²) in [5.41, 5.74) is 0.144. The van der Waals surface area contributed by atoms with E-state index in [9.17, 15) is 13.9 Å². The van der Waals surface area contributed by atoms with Crippen LogP contribution in [-0.2, 0) is 6.42 Å². The molecule has 1 aromatic rings. The molecule has 0 aromatic heterocycles. The summed E-state index contributed by atoms with van der Waals surface area (Å²) in [6, 6.07) is 3.45. The van der Waals surface area contributed by atoms with Crippen molar-refractivity contribution in [2.75, 3.05) is 13.1 Å². The summed E-state index contributed by atoms with van der Waals surface area (Å²) in [5, 5.41) is 10.7. The fraction of sp³-hybridized carbons (Fsp3) is 0.647. The molecule has 0 spiro atoms. The molecule has 0 radical (unpaired) electrons. The van der Waals surface area contributed by atoms with Crippen LogP contribution in [0.5, 0.6) is 0 Å². The van der Waals surface area contributed by atoms with Crippen molar-refractivity contribution in [3.8, 4) is 0 Å². The molecule has 1 aromatic carbocycles. The van der Waals surface area contributed by atoms with Gasteiger partial charge in [-0.05, 0) is 43.6 Å². The second-order valence-corrected chi connectivity index (χ2v) is 5.48. The van der Waals surface area contributed by atoms with Crippen molar-refractivity contribution in [1.82, 2.24) is 4.90 Å². The number of aliphatic hydroxyl groups excluding tert-OH is 1. The van der Waals surface area contributed by atoms with E-state index in [1.807, 2.05) is 0 Å². The molecule has 0 aliphatic rings. The molecule has 1 N–H and O–H groups in total. The van der Waals surface area contributed by atoms with Gasteiger partial charge in [0.25, 0.3) is 0 Å². The van der Waals surface area contributed by atoms with Crippen LogP contribution < -0.4 is 0 Å². The number of halogens is 2. The fourth-order valence-corrected chi connectivity index (χ4v) is 3.37. The van der Waals surface area contributed by atoms with Gasteiger partial charge in [0.15, 0.2) is 0 Å². The lowest BCUT2D eigenvalue weighted by atomic mass is 9.81. The zero-order chi connectivity index (χ0) is 16.0. The first-order chi connectivity index (χ1) is 9.93. The molecule has 0 amide bonds. The van der Waals surface area contributed by atoms with E-state index in [1.54, 1.807) is 0 Å². The van der Waals surface area contributed by atoms with Gasteiger partial charge in [-0.2, -0.15) is 0 Å². The smallest absolute Gasteiger partial charge is 0.126 e. The SMILES string of the molecule is CCN(CC)C(CC)(CC)C(O)Cc1cc(F)cc(F)c1. The van der Waals surface area contributed by atoms with Gasteiger partial charge in [-0.15, -0.1) is 0 Å². The monoisotopic (exact) mass is 299 g/mol. The maximum Gasteiger partial charge on any atom is 0.126 e. The Bertz CT molecular complexity index is 422. The van der Waals surface area contributed by atoms with Crippen LogP contribution >= 0.6 is 0 Å². The first-order valence-electron chi connectivity index (χ1n) is 7.81. The average molecular weight is 299 g/mol. The Morgan fingerprint density at radius 2 is 1.48 bits per heavy atom. The predicted octanol–water partition coefficient (Wildman–Crippen LogP) is 3.77. The summed E-state index contributed by atoms with van der Waals surface area (Å²) in [4.78, 5) is 2.24. The highest BCUT2D eigenvalue weighted by atomic mass is 19.1. The molecule has 1 atom stereocenters.